The van der Waals surface area contributed by atoms with Gasteiger partial charge in [0, 0.05) is 17.1 Å². The number of allylic oxidation sites excluding steroid dienone is 1. The molecule has 6 nitrogen and oxygen atoms in total. The summed E-state index contributed by atoms with van der Waals surface area (Å²) in [7, 11) is 0. The number of thiophene rings is 1. The Kier molecular flexibility index (Phi) is 7.01. The minimum Gasteiger partial charge on any atom is -0.494 e. The SMILES string of the molecule is C=CCn1c(SCC(=O)Nc2ccc(OCC)cc2)nc2sc3c(c2c1=O)CCC(C)C3. The Labute approximate surface area is 195 Å². The Morgan fingerprint density at radius 2 is 2.19 bits per heavy atom. The highest BCUT2D eigenvalue weighted by Gasteiger charge is 2.24. The van der Waals surface area contributed by atoms with E-state index in [-0.39, 0.29) is 17.2 Å². The van der Waals surface area contributed by atoms with Crippen molar-refractivity contribution in [1.29, 1.82) is 0 Å². The molecule has 1 aromatic carbocycles. The van der Waals surface area contributed by atoms with E-state index in [2.05, 4.69) is 18.8 Å². The second-order valence-electron chi connectivity index (χ2n) is 7.92. The summed E-state index contributed by atoms with van der Waals surface area (Å²) >= 11 is 2.90. The van der Waals surface area contributed by atoms with Crippen molar-refractivity contribution in [1.82, 2.24) is 9.55 Å². The molecule has 0 saturated carbocycles. The molecule has 4 rings (SSSR count). The summed E-state index contributed by atoms with van der Waals surface area (Å²) in [5.41, 5.74) is 1.84. The highest BCUT2D eigenvalue weighted by atomic mass is 32.2. The van der Waals surface area contributed by atoms with Gasteiger partial charge in [-0.2, -0.15) is 0 Å². The molecule has 32 heavy (non-hydrogen) atoms. The van der Waals surface area contributed by atoms with Crippen LogP contribution in [0.2, 0.25) is 0 Å². The molecule has 1 N–H and O–H groups in total. The second-order valence-corrected chi connectivity index (χ2v) is 9.95. The van der Waals surface area contributed by atoms with E-state index in [1.165, 1.54) is 22.2 Å². The van der Waals surface area contributed by atoms with E-state index in [1.807, 2.05) is 31.2 Å². The van der Waals surface area contributed by atoms with Crippen molar-refractivity contribution in [3.05, 3.63) is 57.7 Å². The molecule has 1 aliphatic rings. The molecule has 0 saturated heterocycles. The molecule has 3 aromatic rings. The van der Waals surface area contributed by atoms with E-state index in [0.29, 0.717) is 29.9 Å². The monoisotopic (exact) mass is 469 g/mol. The van der Waals surface area contributed by atoms with Gasteiger partial charge in [0.25, 0.3) is 5.56 Å². The van der Waals surface area contributed by atoms with Gasteiger partial charge in [0.1, 0.15) is 10.6 Å². The maximum absolute atomic E-state index is 13.3. The highest BCUT2D eigenvalue weighted by Crippen LogP contribution is 2.36. The van der Waals surface area contributed by atoms with Crippen LogP contribution in [0.5, 0.6) is 5.75 Å². The van der Waals surface area contributed by atoms with Gasteiger partial charge in [0.15, 0.2) is 5.16 Å². The van der Waals surface area contributed by atoms with Gasteiger partial charge < -0.3 is 10.1 Å². The summed E-state index contributed by atoms with van der Waals surface area (Å²) in [5.74, 6) is 1.40. The number of ether oxygens (including phenoxy) is 1. The number of carbonyl (C=O) groups is 1. The first kappa shape index (κ1) is 22.6. The number of carbonyl (C=O) groups excluding carboxylic acids is 1. The van der Waals surface area contributed by atoms with E-state index < -0.39 is 0 Å². The largest absolute Gasteiger partial charge is 0.494 e. The Morgan fingerprint density at radius 3 is 2.91 bits per heavy atom. The molecule has 2 heterocycles. The Bertz CT molecular complexity index is 1200. The highest BCUT2D eigenvalue weighted by molar-refractivity contribution is 7.99. The predicted molar refractivity (Wildman–Crippen MR) is 132 cm³/mol. The van der Waals surface area contributed by atoms with Gasteiger partial charge in [0.2, 0.25) is 5.91 Å². The fourth-order valence-corrected chi connectivity index (χ4v) is 6.17. The number of hydrogen-bond acceptors (Lipinski definition) is 6. The molecule has 1 amide bonds. The normalized spacial score (nSPS) is 15.4. The van der Waals surface area contributed by atoms with Gasteiger partial charge in [-0.15, -0.1) is 17.9 Å². The molecule has 1 aliphatic carbocycles. The van der Waals surface area contributed by atoms with Gasteiger partial charge in [-0.1, -0.05) is 24.8 Å². The average molecular weight is 470 g/mol. The zero-order chi connectivity index (χ0) is 22.7. The quantitative estimate of drug-likeness (QED) is 0.289. The summed E-state index contributed by atoms with van der Waals surface area (Å²) in [6, 6.07) is 7.26. The van der Waals surface area contributed by atoms with Gasteiger partial charge in [-0.05, 0) is 61.9 Å². The summed E-state index contributed by atoms with van der Waals surface area (Å²) in [6.45, 7) is 8.93. The fraction of sp³-hybridized carbons (Fsp3) is 0.375. The number of aromatic nitrogens is 2. The lowest BCUT2D eigenvalue weighted by atomic mass is 9.89. The minimum absolute atomic E-state index is 0.0311. The van der Waals surface area contributed by atoms with Crippen LogP contribution in [0.4, 0.5) is 5.69 Å². The van der Waals surface area contributed by atoms with E-state index >= 15 is 0 Å². The van der Waals surface area contributed by atoms with Crippen LogP contribution in [0.1, 0.15) is 30.7 Å². The van der Waals surface area contributed by atoms with Crippen LogP contribution in [0.25, 0.3) is 10.2 Å². The van der Waals surface area contributed by atoms with Crippen molar-refractivity contribution < 1.29 is 9.53 Å². The number of hydrogen-bond donors (Lipinski definition) is 1. The molecule has 0 aliphatic heterocycles. The summed E-state index contributed by atoms with van der Waals surface area (Å²) in [5, 5.41) is 4.18. The van der Waals surface area contributed by atoms with Crippen molar-refractivity contribution in [2.45, 2.75) is 44.8 Å². The average Bonchev–Trinajstić information content (AvgIpc) is 3.13. The molecule has 168 valence electrons. The van der Waals surface area contributed by atoms with Crippen molar-refractivity contribution in [2.24, 2.45) is 5.92 Å². The first-order chi connectivity index (χ1) is 15.5. The zero-order valence-corrected chi connectivity index (χ0v) is 20.0. The Morgan fingerprint density at radius 1 is 1.41 bits per heavy atom. The van der Waals surface area contributed by atoms with Gasteiger partial charge >= 0.3 is 0 Å². The number of amides is 1. The van der Waals surface area contributed by atoms with Crippen molar-refractivity contribution in [2.75, 3.05) is 17.7 Å². The number of benzene rings is 1. The van der Waals surface area contributed by atoms with Crippen LogP contribution in [-0.4, -0.2) is 27.8 Å². The Balaban J connectivity index is 1.54. The van der Waals surface area contributed by atoms with Crippen LogP contribution >= 0.6 is 23.1 Å². The molecular weight excluding hydrogens is 442 g/mol. The molecule has 0 spiro atoms. The number of anilines is 1. The topological polar surface area (TPSA) is 73.2 Å². The van der Waals surface area contributed by atoms with Crippen LogP contribution < -0.4 is 15.6 Å². The lowest BCUT2D eigenvalue weighted by molar-refractivity contribution is -0.113. The summed E-state index contributed by atoms with van der Waals surface area (Å²) < 4.78 is 7.06. The predicted octanol–water partition coefficient (Wildman–Crippen LogP) is 4.90. The first-order valence-electron chi connectivity index (χ1n) is 10.8. The lowest BCUT2D eigenvalue weighted by Gasteiger charge is -2.17. The molecule has 8 heteroatoms. The molecule has 1 atom stereocenters. The van der Waals surface area contributed by atoms with Crippen LogP contribution in [0, 0.1) is 5.92 Å². The molecular formula is C24H27N3O3S2. The maximum Gasteiger partial charge on any atom is 0.263 e. The third-order valence-corrected chi connectivity index (χ3v) is 7.60. The Hall–Kier alpha value is -2.58. The standard InChI is InChI=1S/C24H27N3O3S2/c1-4-12-27-23(29)21-18-11-6-15(3)13-19(18)32-22(21)26-24(27)31-14-20(28)25-16-7-9-17(10-8-16)30-5-2/h4,7-10,15H,1,5-6,11-14H2,2-3H3,(H,25,28). The molecule has 1 unspecified atom stereocenters. The minimum atomic E-state index is -0.155. The number of aryl methyl sites for hydroxylation is 1. The van der Waals surface area contributed by atoms with Crippen molar-refractivity contribution >= 4 is 44.9 Å². The number of nitrogens with zero attached hydrogens (tertiary/aromatic N) is 2. The number of rotatable bonds is 8. The van der Waals surface area contributed by atoms with Crippen LogP contribution in [-0.2, 0) is 24.2 Å². The summed E-state index contributed by atoms with van der Waals surface area (Å²) in [4.78, 5) is 32.7. The maximum atomic E-state index is 13.3. The third kappa shape index (κ3) is 4.76. The fourth-order valence-electron chi connectivity index (χ4n) is 3.93. The van der Waals surface area contributed by atoms with Gasteiger partial charge in [-0.25, -0.2) is 4.98 Å². The number of thioether (sulfide) groups is 1. The second kappa shape index (κ2) is 9.92. The molecule has 0 bridgehead atoms. The van der Waals surface area contributed by atoms with E-state index in [4.69, 9.17) is 9.72 Å². The summed E-state index contributed by atoms with van der Waals surface area (Å²) in [6.07, 6.45) is 4.73. The first-order valence-corrected chi connectivity index (χ1v) is 12.6. The third-order valence-electron chi connectivity index (χ3n) is 5.47. The van der Waals surface area contributed by atoms with Crippen molar-refractivity contribution in [3.63, 3.8) is 0 Å². The van der Waals surface area contributed by atoms with Gasteiger partial charge in [0.05, 0.1) is 17.7 Å². The van der Waals surface area contributed by atoms with E-state index in [9.17, 15) is 9.59 Å². The molecule has 2 aromatic heterocycles. The smallest absolute Gasteiger partial charge is 0.263 e. The number of fused-ring (bicyclic) bond motifs is 3. The van der Waals surface area contributed by atoms with Crippen molar-refractivity contribution in [3.8, 4) is 5.75 Å². The van der Waals surface area contributed by atoms with Crippen LogP contribution in [0.3, 0.4) is 0 Å². The molecule has 0 fully saturated rings. The van der Waals surface area contributed by atoms with Crippen LogP contribution in [0.15, 0.2) is 46.9 Å². The van der Waals surface area contributed by atoms with E-state index in [1.54, 1.807) is 22.0 Å². The van der Waals surface area contributed by atoms with E-state index in [0.717, 1.165) is 35.2 Å². The lowest BCUT2D eigenvalue weighted by Crippen LogP contribution is -2.24. The number of nitrogens with one attached hydrogen (secondary N) is 1. The van der Waals surface area contributed by atoms with Gasteiger partial charge in [-0.3, -0.25) is 14.2 Å². The zero-order valence-electron chi connectivity index (χ0n) is 18.3. The molecule has 0 radical (unpaired) electrons.